The fraction of sp³-hybridized carbons (Fsp3) is 0.200. The van der Waals surface area contributed by atoms with Crippen LogP contribution in [0.15, 0.2) is 53.6 Å². The number of aryl methyl sites for hydroxylation is 1. The molecule has 6 heteroatoms. The van der Waals surface area contributed by atoms with Gasteiger partial charge in [-0.3, -0.25) is 0 Å². The lowest BCUT2D eigenvalue weighted by molar-refractivity contribution is -0.108. The van der Waals surface area contributed by atoms with E-state index in [1.807, 2.05) is 6.92 Å². The van der Waals surface area contributed by atoms with Gasteiger partial charge in [0.2, 0.25) is 0 Å². The van der Waals surface area contributed by atoms with Gasteiger partial charge in [0.25, 0.3) is 10.0 Å². The number of rotatable bonds is 4. The van der Waals surface area contributed by atoms with Crippen LogP contribution in [-0.2, 0) is 14.8 Å². The molecular weight excluding hydrogens is 348 g/mol. The fourth-order valence-electron chi connectivity index (χ4n) is 3.41. The lowest BCUT2D eigenvalue weighted by Gasteiger charge is -2.08. The molecule has 1 heterocycles. The predicted octanol–water partition coefficient (Wildman–Crippen LogP) is 3.36. The third kappa shape index (κ3) is 2.44. The van der Waals surface area contributed by atoms with Crippen molar-refractivity contribution >= 4 is 27.2 Å². The third-order valence-electron chi connectivity index (χ3n) is 4.94. The van der Waals surface area contributed by atoms with Crippen LogP contribution in [0.2, 0.25) is 0 Å². The number of fused-ring (bicyclic) bond motifs is 1. The summed E-state index contributed by atoms with van der Waals surface area (Å²) < 4.78 is 27.6. The van der Waals surface area contributed by atoms with Gasteiger partial charge in [-0.15, -0.1) is 0 Å². The van der Waals surface area contributed by atoms with Crippen molar-refractivity contribution in [1.29, 1.82) is 5.26 Å². The molecule has 5 nitrogen and oxygen atoms in total. The molecule has 0 spiro atoms. The quantitative estimate of drug-likeness (QED) is 0.665. The zero-order valence-corrected chi connectivity index (χ0v) is 14.9. The van der Waals surface area contributed by atoms with Gasteiger partial charge in [-0.25, -0.2) is 12.4 Å². The van der Waals surface area contributed by atoms with E-state index in [1.54, 1.807) is 48.7 Å². The van der Waals surface area contributed by atoms with Crippen molar-refractivity contribution in [2.24, 2.45) is 5.92 Å². The Kier molecular flexibility index (Phi) is 3.70. The van der Waals surface area contributed by atoms with Crippen LogP contribution in [0.5, 0.6) is 0 Å². The van der Waals surface area contributed by atoms with Crippen molar-refractivity contribution in [2.45, 2.75) is 24.2 Å². The number of nitrogens with zero attached hydrogens (tertiary/aromatic N) is 2. The van der Waals surface area contributed by atoms with Gasteiger partial charge >= 0.3 is 0 Å². The second-order valence-corrected chi connectivity index (χ2v) is 8.47. The van der Waals surface area contributed by atoms with E-state index < -0.39 is 10.0 Å². The van der Waals surface area contributed by atoms with Crippen LogP contribution in [0.25, 0.3) is 10.9 Å². The highest BCUT2D eigenvalue weighted by Gasteiger charge is 2.41. The summed E-state index contributed by atoms with van der Waals surface area (Å²) in [7, 11) is -3.80. The first-order chi connectivity index (χ1) is 12.5. The topological polar surface area (TPSA) is 79.9 Å². The summed E-state index contributed by atoms with van der Waals surface area (Å²) in [5.74, 6) is -0.137. The van der Waals surface area contributed by atoms with Gasteiger partial charge in [-0.05, 0) is 49.1 Å². The highest BCUT2D eigenvalue weighted by Crippen LogP contribution is 2.49. The molecule has 130 valence electrons. The van der Waals surface area contributed by atoms with Crippen LogP contribution in [0.3, 0.4) is 0 Å². The maximum Gasteiger partial charge on any atom is 0.268 e. The predicted molar refractivity (Wildman–Crippen MR) is 97.3 cm³/mol. The second-order valence-electron chi connectivity index (χ2n) is 6.65. The highest BCUT2D eigenvalue weighted by molar-refractivity contribution is 7.90. The Morgan fingerprint density at radius 3 is 2.54 bits per heavy atom. The molecule has 2 atom stereocenters. The Morgan fingerprint density at radius 2 is 1.92 bits per heavy atom. The van der Waals surface area contributed by atoms with E-state index in [9.17, 15) is 18.5 Å². The number of hydrogen-bond acceptors (Lipinski definition) is 4. The second kappa shape index (κ2) is 5.82. The van der Waals surface area contributed by atoms with Crippen LogP contribution in [0, 0.1) is 24.2 Å². The van der Waals surface area contributed by atoms with Crippen molar-refractivity contribution in [1.82, 2.24) is 3.97 Å². The van der Waals surface area contributed by atoms with Crippen molar-refractivity contribution in [2.75, 3.05) is 0 Å². The maximum absolute atomic E-state index is 13.2. The molecule has 1 fully saturated rings. The minimum Gasteiger partial charge on any atom is -0.303 e. The SMILES string of the molecule is Cc1ccc(S(=O)(=O)n2cc([C@H]3C[C@@H]3C=O)c3c(C#N)cccc32)cc1. The first-order valence-corrected chi connectivity index (χ1v) is 9.73. The number of benzene rings is 2. The summed E-state index contributed by atoms with van der Waals surface area (Å²) in [6, 6.07) is 13.9. The first-order valence-electron chi connectivity index (χ1n) is 8.29. The summed E-state index contributed by atoms with van der Waals surface area (Å²) in [6.07, 6.45) is 3.17. The van der Waals surface area contributed by atoms with E-state index in [0.717, 1.165) is 17.4 Å². The van der Waals surface area contributed by atoms with Gasteiger partial charge in [-0.2, -0.15) is 5.26 Å². The zero-order valence-electron chi connectivity index (χ0n) is 14.1. The molecule has 26 heavy (non-hydrogen) atoms. The lowest BCUT2D eigenvalue weighted by atomic mass is 10.0. The van der Waals surface area contributed by atoms with E-state index in [4.69, 9.17) is 0 Å². The average Bonchev–Trinajstić information content (AvgIpc) is 3.32. The molecule has 1 aliphatic carbocycles. The van der Waals surface area contributed by atoms with E-state index >= 15 is 0 Å². The maximum atomic E-state index is 13.2. The van der Waals surface area contributed by atoms with E-state index in [1.165, 1.54) is 3.97 Å². The minimum atomic E-state index is -3.80. The van der Waals surface area contributed by atoms with Crippen molar-refractivity contribution < 1.29 is 13.2 Å². The van der Waals surface area contributed by atoms with Gasteiger partial charge in [0.15, 0.2) is 0 Å². The number of nitriles is 1. The molecule has 3 aromatic rings. The van der Waals surface area contributed by atoms with Crippen LogP contribution in [0.1, 0.15) is 29.0 Å². The van der Waals surface area contributed by atoms with Crippen LogP contribution >= 0.6 is 0 Å². The van der Waals surface area contributed by atoms with Gasteiger partial charge in [0.1, 0.15) is 6.29 Å². The monoisotopic (exact) mass is 364 g/mol. The molecule has 2 aromatic carbocycles. The third-order valence-corrected chi connectivity index (χ3v) is 6.63. The van der Waals surface area contributed by atoms with Gasteiger partial charge in [0, 0.05) is 17.5 Å². The Hall–Kier alpha value is -2.91. The number of hydrogen-bond donors (Lipinski definition) is 0. The van der Waals surface area contributed by atoms with Crippen molar-refractivity contribution in [3.8, 4) is 6.07 Å². The molecule has 1 aliphatic rings. The van der Waals surface area contributed by atoms with Gasteiger partial charge in [-0.1, -0.05) is 23.8 Å². The zero-order chi connectivity index (χ0) is 18.5. The van der Waals surface area contributed by atoms with Crippen LogP contribution in [0.4, 0.5) is 0 Å². The Labute approximate surface area is 151 Å². The fourth-order valence-corrected chi connectivity index (χ4v) is 4.78. The molecule has 0 saturated heterocycles. The van der Waals surface area contributed by atoms with Crippen molar-refractivity contribution in [3.05, 3.63) is 65.4 Å². The van der Waals surface area contributed by atoms with E-state index in [2.05, 4.69) is 6.07 Å². The first kappa shape index (κ1) is 16.6. The Morgan fingerprint density at radius 1 is 1.19 bits per heavy atom. The van der Waals surface area contributed by atoms with Crippen LogP contribution in [-0.4, -0.2) is 18.7 Å². The van der Waals surface area contributed by atoms with E-state index in [0.29, 0.717) is 22.9 Å². The smallest absolute Gasteiger partial charge is 0.268 e. The van der Waals surface area contributed by atoms with Crippen LogP contribution < -0.4 is 0 Å². The summed E-state index contributed by atoms with van der Waals surface area (Å²) in [4.78, 5) is 11.3. The number of carbonyl (C=O) groups is 1. The molecule has 0 amide bonds. The Balaban J connectivity index is 1.98. The number of aromatic nitrogens is 1. The summed E-state index contributed by atoms with van der Waals surface area (Å²) in [6.45, 7) is 1.89. The normalized spacial score (nSPS) is 19.2. The molecule has 0 unspecified atom stereocenters. The average molecular weight is 364 g/mol. The number of aldehydes is 1. The molecule has 0 aliphatic heterocycles. The molecule has 0 N–H and O–H groups in total. The highest BCUT2D eigenvalue weighted by atomic mass is 32.2. The molecule has 1 aromatic heterocycles. The van der Waals surface area contributed by atoms with Gasteiger partial charge in [0.05, 0.1) is 22.0 Å². The standard InChI is InChI=1S/C20H16N2O3S/c1-13-5-7-16(8-6-13)26(24,25)22-11-18(17-9-15(17)12-23)20-14(10-21)3-2-4-19(20)22/h2-8,11-12,15,17H,9H2,1H3/t15-,17+/m1/s1. The summed E-state index contributed by atoms with van der Waals surface area (Å²) in [5.41, 5.74) is 2.62. The molecule has 1 saturated carbocycles. The van der Waals surface area contributed by atoms with E-state index in [-0.39, 0.29) is 16.7 Å². The lowest BCUT2D eigenvalue weighted by Crippen LogP contribution is -2.11. The van der Waals surface area contributed by atoms with Gasteiger partial charge < -0.3 is 4.79 Å². The Bertz CT molecular complexity index is 1170. The van der Waals surface area contributed by atoms with Crippen molar-refractivity contribution in [3.63, 3.8) is 0 Å². The summed E-state index contributed by atoms with van der Waals surface area (Å²) in [5, 5.41) is 10.1. The number of carbonyl (C=O) groups excluding carboxylic acids is 1. The molecule has 0 bridgehead atoms. The molecular formula is C20H16N2O3S. The molecule has 0 radical (unpaired) electrons. The summed E-state index contributed by atoms with van der Waals surface area (Å²) >= 11 is 0. The minimum absolute atomic E-state index is 0.0287. The largest absolute Gasteiger partial charge is 0.303 e. The molecule has 4 rings (SSSR count).